The third-order valence-corrected chi connectivity index (χ3v) is 4.08. The average Bonchev–Trinajstić information content (AvgIpc) is 2.43. The second-order valence-corrected chi connectivity index (χ2v) is 6.06. The fourth-order valence-electron chi connectivity index (χ4n) is 1.56. The number of halogens is 1. The molecule has 20 heavy (non-hydrogen) atoms. The highest BCUT2D eigenvalue weighted by atomic mass is 35.5. The van der Waals surface area contributed by atoms with E-state index in [4.69, 9.17) is 21.0 Å². The molecule has 0 radical (unpaired) electrons. The van der Waals surface area contributed by atoms with Crippen molar-refractivity contribution in [3.63, 3.8) is 0 Å². The van der Waals surface area contributed by atoms with Crippen molar-refractivity contribution in [2.24, 2.45) is 0 Å². The lowest BCUT2D eigenvalue weighted by Gasteiger charge is -2.09. The van der Waals surface area contributed by atoms with Gasteiger partial charge in [-0.2, -0.15) is 13.7 Å². The molecule has 2 rings (SSSR count). The SMILES string of the molecule is Cc1ccc(Cl)c(OS(=O)(=O)c2cccc(C#N)c2)c1. The van der Waals surface area contributed by atoms with Crippen LogP contribution >= 0.6 is 11.6 Å². The van der Waals surface area contributed by atoms with E-state index < -0.39 is 10.1 Å². The number of nitrogens with zero attached hydrogens (tertiary/aromatic N) is 1. The van der Waals surface area contributed by atoms with Crippen LogP contribution in [0.1, 0.15) is 11.1 Å². The van der Waals surface area contributed by atoms with Crippen LogP contribution in [0.5, 0.6) is 5.75 Å². The molecule has 0 aliphatic rings. The summed E-state index contributed by atoms with van der Waals surface area (Å²) >= 11 is 5.91. The zero-order chi connectivity index (χ0) is 14.8. The molecule has 0 bridgehead atoms. The number of rotatable bonds is 3. The lowest BCUT2D eigenvalue weighted by atomic mass is 10.2. The molecule has 0 aromatic heterocycles. The predicted molar refractivity (Wildman–Crippen MR) is 75.2 cm³/mol. The standard InChI is InChI=1S/C14H10ClNO3S/c1-10-5-6-13(15)14(7-10)19-20(17,18)12-4-2-3-11(8-12)9-16/h2-8H,1H3. The van der Waals surface area contributed by atoms with Gasteiger partial charge in [-0.3, -0.25) is 0 Å². The van der Waals surface area contributed by atoms with Gasteiger partial charge < -0.3 is 4.18 Å². The molecule has 2 aromatic carbocycles. The van der Waals surface area contributed by atoms with Crippen molar-refractivity contribution < 1.29 is 12.6 Å². The van der Waals surface area contributed by atoms with Gasteiger partial charge in [-0.05, 0) is 42.8 Å². The highest BCUT2D eigenvalue weighted by Crippen LogP contribution is 2.28. The maximum atomic E-state index is 12.1. The molecule has 0 fully saturated rings. The summed E-state index contributed by atoms with van der Waals surface area (Å²) in [4.78, 5) is -0.0888. The molecule has 0 spiro atoms. The average molecular weight is 308 g/mol. The van der Waals surface area contributed by atoms with E-state index in [-0.39, 0.29) is 21.2 Å². The lowest BCUT2D eigenvalue weighted by Crippen LogP contribution is -2.10. The Morgan fingerprint density at radius 2 is 1.95 bits per heavy atom. The van der Waals surface area contributed by atoms with Crippen molar-refractivity contribution >= 4 is 21.7 Å². The van der Waals surface area contributed by atoms with E-state index in [0.717, 1.165) is 5.56 Å². The van der Waals surface area contributed by atoms with E-state index >= 15 is 0 Å². The number of benzene rings is 2. The van der Waals surface area contributed by atoms with Crippen LogP contribution in [0.25, 0.3) is 0 Å². The molecule has 2 aromatic rings. The van der Waals surface area contributed by atoms with Crippen LogP contribution in [-0.4, -0.2) is 8.42 Å². The summed E-state index contributed by atoms with van der Waals surface area (Å²) in [6, 6.07) is 12.3. The van der Waals surface area contributed by atoms with Crippen LogP contribution < -0.4 is 4.18 Å². The van der Waals surface area contributed by atoms with Gasteiger partial charge in [0.1, 0.15) is 4.90 Å². The van der Waals surface area contributed by atoms with Gasteiger partial charge >= 0.3 is 10.1 Å². The van der Waals surface area contributed by atoms with E-state index in [9.17, 15) is 8.42 Å². The summed E-state index contributed by atoms with van der Waals surface area (Å²) in [5, 5.41) is 9.00. The maximum Gasteiger partial charge on any atom is 0.339 e. The minimum Gasteiger partial charge on any atom is -0.377 e. The molecule has 6 heteroatoms. The molecule has 0 atom stereocenters. The Kier molecular flexibility index (Phi) is 3.98. The molecule has 0 heterocycles. The number of hydrogen-bond donors (Lipinski definition) is 0. The monoisotopic (exact) mass is 307 g/mol. The van der Waals surface area contributed by atoms with Gasteiger partial charge in [0.2, 0.25) is 0 Å². The van der Waals surface area contributed by atoms with Gasteiger partial charge in [0, 0.05) is 0 Å². The van der Waals surface area contributed by atoms with Gasteiger partial charge in [-0.25, -0.2) is 0 Å². The Bertz CT molecular complexity index is 794. The van der Waals surface area contributed by atoms with E-state index in [1.807, 2.05) is 6.07 Å². The van der Waals surface area contributed by atoms with Gasteiger partial charge in [-0.15, -0.1) is 0 Å². The Hall–Kier alpha value is -2.03. The second kappa shape index (κ2) is 5.53. The summed E-state index contributed by atoms with van der Waals surface area (Å²) in [7, 11) is -4.02. The Labute approximate surface area is 122 Å². The predicted octanol–water partition coefficient (Wildman–Crippen LogP) is 3.29. The van der Waals surface area contributed by atoms with Crippen LogP contribution in [0.3, 0.4) is 0 Å². The normalized spacial score (nSPS) is 10.8. The maximum absolute atomic E-state index is 12.1. The first-order valence-electron chi connectivity index (χ1n) is 5.63. The Balaban J connectivity index is 2.41. The molecule has 0 N–H and O–H groups in total. The van der Waals surface area contributed by atoms with E-state index in [2.05, 4.69) is 0 Å². The number of nitriles is 1. The van der Waals surface area contributed by atoms with Crippen molar-refractivity contribution in [2.45, 2.75) is 11.8 Å². The Morgan fingerprint density at radius 3 is 2.65 bits per heavy atom. The molecule has 4 nitrogen and oxygen atoms in total. The van der Waals surface area contributed by atoms with Crippen LogP contribution in [0, 0.1) is 18.3 Å². The summed E-state index contributed by atoms with van der Waals surface area (Å²) in [5.74, 6) is 0.0639. The van der Waals surface area contributed by atoms with Crippen molar-refractivity contribution in [1.29, 1.82) is 5.26 Å². The molecule has 102 valence electrons. The van der Waals surface area contributed by atoms with Crippen LogP contribution in [0.2, 0.25) is 5.02 Å². The van der Waals surface area contributed by atoms with Crippen molar-refractivity contribution in [3.8, 4) is 11.8 Å². The molecular formula is C14H10ClNO3S. The first-order valence-corrected chi connectivity index (χ1v) is 7.42. The van der Waals surface area contributed by atoms with Crippen molar-refractivity contribution in [1.82, 2.24) is 0 Å². The second-order valence-electron chi connectivity index (χ2n) is 4.11. The van der Waals surface area contributed by atoms with Crippen LogP contribution in [-0.2, 0) is 10.1 Å². The minimum atomic E-state index is -4.02. The molecule has 0 amide bonds. The highest BCUT2D eigenvalue weighted by molar-refractivity contribution is 7.87. The van der Waals surface area contributed by atoms with E-state index in [0.29, 0.717) is 0 Å². The summed E-state index contributed by atoms with van der Waals surface area (Å²) in [6.45, 7) is 1.80. The van der Waals surface area contributed by atoms with Crippen molar-refractivity contribution in [3.05, 3.63) is 58.6 Å². The number of hydrogen-bond acceptors (Lipinski definition) is 4. The third-order valence-electron chi connectivity index (χ3n) is 2.54. The molecule has 0 saturated carbocycles. The smallest absolute Gasteiger partial charge is 0.339 e. The molecular weight excluding hydrogens is 298 g/mol. The molecule has 0 aliphatic heterocycles. The molecule has 0 aliphatic carbocycles. The van der Waals surface area contributed by atoms with Gasteiger partial charge in [-0.1, -0.05) is 23.7 Å². The fourth-order valence-corrected chi connectivity index (χ4v) is 2.75. The topological polar surface area (TPSA) is 67.2 Å². The first-order chi connectivity index (χ1) is 9.42. The van der Waals surface area contributed by atoms with Gasteiger partial charge in [0.05, 0.1) is 16.7 Å². The minimum absolute atomic E-state index is 0.0639. The third kappa shape index (κ3) is 3.10. The number of aryl methyl sites for hydroxylation is 1. The van der Waals surface area contributed by atoms with Gasteiger partial charge in [0.25, 0.3) is 0 Å². The molecule has 0 saturated heterocycles. The fraction of sp³-hybridized carbons (Fsp3) is 0.0714. The lowest BCUT2D eigenvalue weighted by molar-refractivity contribution is 0.486. The van der Waals surface area contributed by atoms with Gasteiger partial charge in [0.15, 0.2) is 5.75 Å². The van der Waals surface area contributed by atoms with Crippen LogP contribution in [0.4, 0.5) is 0 Å². The largest absolute Gasteiger partial charge is 0.377 e. The highest BCUT2D eigenvalue weighted by Gasteiger charge is 2.18. The molecule has 0 unspecified atom stereocenters. The van der Waals surface area contributed by atoms with E-state index in [1.165, 1.54) is 30.3 Å². The van der Waals surface area contributed by atoms with Crippen LogP contribution in [0.15, 0.2) is 47.4 Å². The summed E-state index contributed by atoms with van der Waals surface area (Å²) < 4.78 is 29.3. The quantitative estimate of drug-likeness (QED) is 0.816. The summed E-state index contributed by atoms with van der Waals surface area (Å²) in [6.07, 6.45) is 0. The van der Waals surface area contributed by atoms with Crippen molar-refractivity contribution in [2.75, 3.05) is 0 Å². The first kappa shape index (κ1) is 14.4. The van der Waals surface area contributed by atoms with E-state index in [1.54, 1.807) is 19.1 Å². The zero-order valence-corrected chi connectivity index (χ0v) is 12.1. The Morgan fingerprint density at radius 1 is 1.20 bits per heavy atom. The summed E-state index contributed by atoms with van der Waals surface area (Å²) in [5.41, 5.74) is 1.07. The zero-order valence-electron chi connectivity index (χ0n) is 10.5.